The Labute approximate surface area is 348 Å². The van der Waals surface area contributed by atoms with Crippen LogP contribution in [-0.4, -0.2) is 152 Å². The minimum absolute atomic E-state index is 0.0145. The summed E-state index contributed by atoms with van der Waals surface area (Å²) in [6.07, 6.45) is 11.3. The van der Waals surface area contributed by atoms with Gasteiger partial charge in [-0.15, -0.1) is 6.42 Å². The number of aryl methyl sites for hydroxylation is 1. The van der Waals surface area contributed by atoms with Gasteiger partial charge in [-0.05, 0) is 76.3 Å². The average molecular weight is 822 g/mol. The molecule has 3 aromatic rings. The van der Waals surface area contributed by atoms with Gasteiger partial charge in [0.2, 0.25) is 5.91 Å². The highest BCUT2D eigenvalue weighted by Crippen LogP contribution is 2.48. The molecule has 14 nitrogen and oxygen atoms in total. The van der Waals surface area contributed by atoms with Crippen molar-refractivity contribution in [3.05, 3.63) is 53.1 Å². The molecule has 58 heavy (non-hydrogen) atoms. The number of hydrogen-bond donors (Lipinski definition) is 0. The summed E-state index contributed by atoms with van der Waals surface area (Å²) < 4.78 is 30.7. The van der Waals surface area contributed by atoms with Gasteiger partial charge in [0.25, 0.3) is 0 Å². The Hall–Kier alpha value is -3.81. The van der Waals surface area contributed by atoms with Gasteiger partial charge in [-0.2, -0.15) is 0 Å². The molecule has 316 valence electrons. The van der Waals surface area contributed by atoms with Gasteiger partial charge in [-0.25, -0.2) is 9.78 Å². The Morgan fingerprint density at radius 3 is 2.19 bits per heavy atom. The van der Waals surface area contributed by atoms with Gasteiger partial charge in [0.15, 0.2) is 0 Å². The van der Waals surface area contributed by atoms with E-state index in [9.17, 15) is 9.59 Å². The zero-order valence-electron chi connectivity index (χ0n) is 34.5. The zero-order chi connectivity index (χ0) is 41.0. The Balaban J connectivity index is 0.900. The monoisotopic (exact) mass is 821 g/mol. The summed E-state index contributed by atoms with van der Waals surface area (Å²) in [5.74, 6) is 3.51. The van der Waals surface area contributed by atoms with Crippen LogP contribution in [-0.2, 0) is 47.0 Å². The van der Waals surface area contributed by atoms with Crippen molar-refractivity contribution in [2.75, 3.05) is 110 Å². The number of anilines is 1. The summed E-state index contributed by atoms with van der Waals surface area (Å²) in [6, 6.07) is 7.67. The molecule has 0 atom stereocenters. The van der Waals surface area contributed by atoms with Crippen LogP contribution in [0.25, 0.3) is 11.0 Å². The van der Waals surface area contributed by atoms with Crippen molar-refractivity contribution in [1.82, 2.24) is 29.2 Å². The molecule has 2 aromatic heterocycles. The van der Waals surface area contributed by atoms with Gasteiger partial charge in [0, 0.05) is 70.2 Å². The number of ether oxygens (including phenoxy) is 5. The van der Waals surface area contributed by atoms with E-state index in [1.165, 1.54) is 0 Å². The fraction of sp³-hybridized carbons (Fsp3) is 0.628. The first-order valence-electron chi connectivity index (χ1n) is 20.7. The quantitative estimate of drug-likeness (QED) is 0.113. The SMILES string of the molecule is C#CCN1CCN(CCOCCOCCOCCOCCCCn2c(CN3C(=O)C4(CCN(C(=O)OC(C)(C)C)CC4)c4ccncc43)nc3cc(Cl)ccc32)CC1. The molecule has 0 aliphatic carbocycles. The van der Waals surface area contributed by atoms with E-state index in [1.54, 1.807) is 17.3 Å². The summed E-state index contributed by atoms with van der Waals surface area (Å²) >= 11 is 6.38. The van der Waals surface area contributed by atoms with Crippen molar-refractivity contribution in [1.29, 1.82) is 0 Å². The Morgan fingerprint density at radius 1 is 0.862 bits per heavy atom. The van der Waals surface area contributed by atoms with Crippen molar-refractivity contribution in [3.63, 3.8) is 0 Å². The van der Waals surface area contributed by atoms with Crippen molar-refractivity contribution in [3.8, 4) is 12.3 Å². The number of halogens is 1. The first-order chi connectivity index (χ1) is 28.1. The second kappa shape index (κ2) is 20.9. The number of unbranched alkanes of at least 4 members (excludes halogenated alkanes) is 1. The molecule has 0 unspecified atom stereocenters. The topological polar surface area (TPSA) is 124 Å². The van der Waals surface area contributed by atoms with Gasteiger partial charge < -0.3 is 38.1 Å². The van der Waals surface area contributed by atoms with Gasteiger partial charge in [0.1, 0.15) is 11.4 Å². The summed E-state index contributed by atoms with van der Waals surface area (Å²) in [4.78, 5) is 44.9. The molecule has 0 bridgehead atoms. The number of piperidine rings is 1. The molecule has 1 aromatic carbocycles. The number of pyridine rings is 1. The molecular weight excluding hydrogens is 762 g/mol. The van der Waals surface area contributed by atoms with Crippen molar-refractivity contribution < 1.29 is 33.3 Å². The van der Waals surface area contributed by atoms with Crippen LogP contribution in [0.3, 0.4) is 0 Å². The first kappa shape index (κ1) is 43.8. The smallest absolute Gasteiger partial charge is 0.410 e. The predicted molar refractivity (Wildman–Crippen MR) is 223 cm³/mol. The van der Waals surface area contributed by atoms with Crippen molar-refractivity contribution >= 4 is 40.3 Å². The number of aromatic nitrogens is 3. The maximum absolute atomic E-state index is 14.5. The number of amides is 2. The number of likely N-dealkylation sites (tertiary alicyclic amines) is 1. The number of fused-ring (bicyclic) bond motifs is 3. The fourth-order valence-electron chi connectivity index (χ4n) is 7.92. The second-order valence-electron chi connectivity index (χ2n) is 16.1. The lowest BCUT2D eigenvalue weighted by molar-refractivity contribution is -0.125. The van der Waals surface area contributed by atoms with Crippen LogP contribution >= 0.6 is 11.6 Å². The number of imidazole rings is 1. The van der Waals surface area contributed by atoms with Gasteiger partial charge >= 0.3 is 6.09 Å². The highest BCUT2D eigenvalue weighted by Gasteiger charge is 2.53. The molecule has 0 N–H and O–H groups in total. The summed E-state index contributed by atoms with van der Waals surface area (Å²) in [5.41, 5.74) is 2.17. The summed E-state index contributed by atoms with van der Waals surface area (Å²) in [6.45, 7) is 17.7. The normalized spacial score (nSPS) is 17.3. The minimum atomic E-state index is -0.736. The van der Waals surface area contributed by atoms with Crippen LogP contribution in [0.4, 0.5) is 10.5 Å². The first-order valence-corrected chi connectivity index (χ1v) is 21.0. The summed E-state index contributed by atoms with van der Waals surface area (Å²) in [5, 5.41) is 0.607. The largest absolute Gasteiger partial charge is 0.444 e. The van der Waals surface area contributed by atoms with Crippen LogP contribution < -0.4 is 4.90 Å². The van der Waals surface area contributed by atoms with Crippen molar-refractivity contribution in [2.24, 2.45) is 0 Å². The third-order valence-corrected chi connectivity index (χ3v) is 11.2. The third-order valence-electron chi connectivity index (χ3n) is 11.0. The van der Waals surface area contributed by atoms with E-state index in [-0.39, 0.29) is 12.0 Å². The number of nitrogens with zero attached hydrogens (tertiary/aromatic N) is 7. The molecule has 0 radical (unpaired) electrons. The molecule has 0 saturated carbocycles. The zero-order valence-corrected chi connectivity index (χ0v) is 35.2. The lowest BCUT2D eigenvalue weighted by Crippen LogP contribution is -2.51. The average Bonchev–Trinajstić information content (AvgIpc) is 3.65. The molecule has 2 saturated heterocycles. The molecule has 15 heteroatoms. The standard InChI is InChI=1S/C43H60ClN7O7/c1-5-14-47-18-20-48(21-19-47)22-24-55-26-28-57-30-29-56-27-25-54-23-7-6-15-50-37-9-8-34(44)31-36(37)46-39(50)33-51-38-32-45-13-10-35(38)43(40(51)52)11-16-49(17-12-43)41(53)58-42(2,3)4/h1,8-10,13,31-32H,6-7,11-12,14-30,33H2,2-4H3. The number of benzene rings is 1. The van der Waals surface area contributed by atoms with Gasteiger partial charge in [-0.3, -0.25) is 19.6 Å². The van der Waals surface area contributed by atoms with E-state index in [0.29, 0.717) is 96.9 Å². The Morgan fingerprint density at radius 2 is 1.52 bits per heavy atom. The minimum Gasteiger partial charge on any atom is -0.444 e. The molecule has 6 rings (SSSR count). The molecule has 3 aliphatic heterocycles. The third kappa shape index (κ3) is 11.5. The Kier molecular flexibility index (Phi) is 15.8. The highest BCUT2D eigenvalue weighted by atomic mass is 35.5. The molecule has 1 spiro atoms. The Bertz CT molecular complexity index is 1840. The van der Waals surface area contributed by atoms with E-state index in [4.69, 9.17) is 46.7 Å². The second-order valence-corrected chi connectivity index (χ2v) is 16.6. The lowest BCUT2D eigenvalue weighted by Gasteiger charge is -2.38. The lowest BCUT2D eigenvalue weighted by atomic mass is 9.74. The fourth-order valence-corrected chi connectivity index (χ4v) is 8.09. The van der Waals surface area contributed by atoms with Crippen LogP contribution in [0.15, 0.2) is 36.7 Å². The van der Waals surface area contributed by atoms with Gasteiger partial charge in [0.05, 0.1) is 87.7 Å². The van der Waals surface area contributed by atoms with Crippen LogP contribution in [0.2, 0.25) is 5.02 Å². The van der Waals surface area contributed by atoms with E-state index in [0.717, 1.165) is 80.2 Å². The number of hydrogen-bond acceptors (Lipinski definition) is 11. The van der Waals surface area contributed by atoms with Gasteiger partial charge in [-0.1, -0.05) is 17.5 Å². The maximum Gasteiger partial charge on any atom is 0.410 e. The van der Waals surface area contributed by atoms with E-state index in [1.807, 2.05) is 49.9 Å². The highest BCUT2D eigenvalue weighted by molar-refractivity contribution is 6.31. The predicted octanol–water partition coefficient (Wildman–Crippen LogP) is 5.00. The molecule has 2 fully saturated rings. The molecule has 3 aliphatic rings. The molecule has 2 amide bonds. The van der Waals surface area contributed by atoms with Crippen LogP contribution in [0.5, 0.6) is 0 Å². The number of carbonyl (C=O) groups is 2. The molecule has 5 heterocycles. The van der Waals surface area contributed by atoms with E-state index in [2.05, 4.69) is 25.3 Å². The number of terminal acetylenes is 1. The number of rotatable bonds is 20. The van der Waals surface area contributed by atoms with E-state index >= 15 is 0 Å². The maximum atomic E-state index is 14.5. The number of carbonyl (C=O) groups excluding carboxylic acids is 2. The molecular formula is C43H60ClN7O7. The van der Waals surface area contributed by atoms with Crippen molar-refractivity contribution in [2.45, 2.75) is 70.6 Å². The van der Waals surface area contributed by atoms with Crippen LogP contribution in [0, 0.1) is 12.3 Å². The van der Waals surface area contributed by atoms with E-state index < -0.39 is 11.0 Å². The number of piperazine rings is 1. The summed E-state index contributed by atoms with van der Waals surface area (Å²) in [7, 11) is 0. The van der Waals surface area contributed by atoms with Crippen LogP contribution in [0.1, 0.15) is 57.8 Å².